The molecule has 1 amide bonds. The maximum absolute atomic E-state index is 14.3. The molecule has 0 radical (unpaired) electrons. The van der Waals surface area contributed by atoms with Gasteiger partial charge in [0.15, 0.2) is 0 Å². The smallest absolute Gasteiger partial charge is 0.312 e. The third-order valence-electron chi connectivity index (χ3n) is 4.37. The van der Waals surface area contributed by atoms with Gasteiger partial charge in [-0.05, 0) is 59.7 Å². The van der Waals surface area contributed by atoms with Crippen molar-refractivity contribution in [3.05, 3.63) is 51.8 Å². The van der Waals surface area contributed by atoms with Crippen LogP contribution in [0.4, 0.5) is 15.8 Å². The van der Waals surface area contributed by atoms with Gasteiger partial charge >= 0.3 is 5.91 Å². The second kappa shape index (κ2) is 8.41. The average Bonchev–Trinajstić information content (AvgIpc) is 3.08. The number of fused-ring (bicyclic) bond motifs is 1. The van der Waals surface area contributed by atoms with E-state index in [9.17, 15) is 9.18 Å². The SMILES string of the molecule is O=C(NOC1CCOCC1)c1oc2ccncc2c1Nc1ccc(I)cc1F. The van der Waals surface area contributed by atoms with Crippen LogP contribution >= 0.6 is 22.6 Å². The molecule has 1 aromatic carbocycles. The highest BCUT2D eigenvalue weighted by atomic mass is 127. The van der Waals surface area contributed by atoms with Gasteiger partial charge in [-0.25, -0.2) is 9.87 Å². The van der Waals surface area contributed by atoms with E-state index < -0.39 is 11.7 Å². The normalized spacial score (nSPS) is 14.9. The van der Waals surface area contributed by atoms with Crippen molar-refractivity contribution in [1.29, 1.82) is 0 Å². The Morgan fingerprint density at radius 2 is 2.11 bits per heavy atom. The van der Waals surface area contributed by atoms with E-state index in [0.717, 1.165) is 3.57 Å². The van der Waals surface area contributed by atoms with Crippen molar-refractivity contribution < 1.29 is 23.2 Å². The molecule has 1 fully saturated rings. The number of carbonyl (C=O) groups is 1. The van der Waals surface area contributed by atoms with E-state index in [0.29, 0.717) is 42.7 Å². The van der Waals surface area contributed by atoms with Gasteiger partial charge in [-0.15, -0.1) is 0 Å². The number of furan rings is 1. The number of carbonyl (C=O) groups excluding carboxylic acids is 1. The molecule has 4 rings (SSSR count). The second-order valence-electron chi connectivity index (χ2n) is 6.29. The van der Waals surface area contributed by atoms with Gasteiger partial charge in [0, 0.05) is 29.2 Å². The van der Waals surface area contributed by atoms with Crippen LogP contribution in [0.2, 0.25) is 0 Å². The lowest BCUT2D eigenvalue weighted by atomic mass is 10.2. The zero-order valence-electron chi connectivity index (χ0n) is 14.7. The average molecular weight is 497 g/mol. The Balaban J connectivity index is 1.61. The number of hydrogen-bond acceptors (Lipinski definition) is 6. The summed E-state index contributed by atoms with van der Waals surface area (Å²) in [6.07, 6.45) is 4.39. The predicted molar refractivity (Wildman–Crippen MR) is 109 cm³/mol. The predicted octanol–water partition coefficient (Wildman–Crippen LogP) is 4.16. The Labute approximate surface area is 173 Å². The van der Waals surface area contributed by atoms with Crippen LogP contribution in [-0.4, -0.2) is 30.2 Å². The molecule has 0 aliphatic carbocycles. The quantitative estimate of drug-likeness (QED) is 0.407. The molecule has 0 atom stereocenters. The number of rotatable bonds is 5. The fourth-order valence-electron chi connectivity index (χ4n) is 2.93. The molecule has 9 heteroatoms. The molecule has 2 N–H and O–H groups in total. The summed E-state index contributed by atoms with van der Waals surface area (Å²) >= 11 is 2.03. The van der Waals surface area contributed by atoms with Crippen molar-refractivity contribution in [2.24, 2.45) is 0 Å². The van der Waals surface area contributed by atoms with E-state index in [2.05, 4.69) is 15.8 Å². The number of anilines is 2. The minimum Gasteiger partial charge on any atom is -0.448 e. The molecule has 0 unspecified atom stereocenters. The van der Waals surface area contributed by atoms with Crippen LogP contribution < -0.4 is 10.8 Å². The highest BCUT2D eigenvalue weighted by Gasteiger charge is 2.24. The summed E-state index contributed by atoms with van der Waals surface area (Å²) in [4.78, 5) is 22.2. The third kappa shape index (κ3) is 4.10. The van der Waals surface area contributed by atoms with Gasteiger partial charge in [0.1, 0.15) is 17.1 Å². The summed E-state index contributed by atoms with van der Waals surface area (Å²) in [6, 6.07) is 6.41. The first-order valence-corrected chi connectivity index (χ1v) is 9.82. The first-order chi connectivity index (χ1) is 13.6. The molecule has 1 saturated heterocycles. The number of aromatic nitrogens is 1. The summed E-state index contributed by atoms with van der Waals surface area (Å²) in [6.45, 7) is 1.19. The van der Waals surface area contributed by atoms with Crippen LogP contribution in [-0.2, 0) is 9.57 Å². The van der Waals surface area contributed by atoms with E-state index in [1.807, 2.05) is 22.6 Å². The van der Waals surface area contributed by atoms with Gasteiger partial charge in [-0.3, -0.25) is 14.6 Å². The van der Waals surface area contributed by atoms with Crippen molar-refractivity contribution in [2.45, 2.75) is 18.9 Å². The topological polar surface area (TPSA) is 85.6 Å². The van der Waals surface area contributed by atoms with Gasteiger partial charge < -0.3 is 14.5 Å². The van der Waals surface area contributed by atoms with E-state index in [-0.39, 0.29) is 17.6 Å². The molecule has 3 heterocycles. The molecule has 1 aliphatic heterocycles. The zero-order chi connectivity index (χ0) is 19.5. The highest BCUT2D eigenvalue weighted by molar-refractivity contribution is 14.1. The van der Waals surface area contributed by atoms with Crippen LogP contribution in [0.15, 0.2) is 41.1 Å². The van der Waals surface area contributed by atoms with Crippen LogP contribution in [0.3, 0.4) is 0 Å². The van der Waals surface area contributed by atoms with Crippen molar-refractivity contribution in [3.63, 3.8) is 0 Å². The van der Waals surface area contributed by atoms with Crippen molar-refractivity contribution in [3.8, 4) is 0 Å². The number of nitrogens with zero attached hydrogens (tertiary/aromatic N) is 1. The van der Waals surface area contributed by atoms with Gasteiger partial charge in [-0.2, -0.15) is 0 Å². The summed E-state index contributed by atoms with van der Waals surface area (Å²) in [5.41, 5.74) is 3.45. The summed E-state index contributed by atoms with van der Waals surface area (Å²) in [5.74, 6) is -1.00. The Bertz CT molecular complexity index is 1000. The fraction of sp³-hybridized carbons (Fsp3) is 0.263. The fourth-order valence-corrected chi connectivity index (χ4v) is 3.38. The van der Waals surface area contributed by atoms with Crippen LogP contribution in [0, 0.1) is 9.39 Å². The lowest BCUT2D eigenvalue weighted by Crippen LogP contribution is -2.33. The van der Waals surface area contributed by atoms with Crippen molar-refractivity contribution in [1.82, 2.24) is 10.5 Å². The first kappa shape index (κ1) is 19.1. The Hall–Kier alpha value is -2.24. The molecule has 3 aromatic rings. The minimum absolute atomic E-state index is 0.00647. The van der Waals surface area contributed by atoms with Gasteiger partial charge in [0.25, 0.3) is 0 Å². The molecule has 2 aromatic heterocycles. The van der Waals surface area contributed by atoms with E-state index in [1.165, 1.54) is 6.07 Å². The van der Waals surface area contributed by atoms with E-state index in [4.69, 9.17) is 14.0 Å². The molecule has 0 spiro atoms. The second-order valence-corrected chi connectivity index (χ2v) is 7.53. The number of pyridine rings is 1. The molecule has 28 heavy (non-hydrogen) atoms. The van der Waals surface area contributed by atoms with Crippen molar-refractivity contribution in [2.75, 3.05) is 18.5 Å². The van der Waals surface area contributed by atoms with E-state index in [1.54, 1.807) is 30.6 Å². The number of ether oxygens (including phenoxy) is 1. The van der Waals surface area contributed by atoms with Crippen LogP contribution in [0.25, 0.3) is 11.0 Å². The van der Waals surface area contributed by atoms with Gasteiger partial charge in [0.2, 0.25) is 5.76 Å². The number of halogens is 2. The Morgan fingerprint density at radius 1 is 1.29 bits per heavy atom. The molecule has 7 nitrogen and oxygen atoms in total. The van der Waals surface area contributed by atoms with Gasteiger partial charge in [-0.1, -0.05) is 0 Å². The number of hydroxylamine groups is 1. The maximum Gasteiger partial charge on any atom is 0.312 e. The van der Waals surface area contributed by atoms with Crippen LogP contribution in [0.1, 0.15) is 23.4 Å². The Morgan fingerprint density at radius 3 is 2.89 bits per heavy atom. The molecule has 1 aliphatic rings. The molecule has 0 saturated carbocycles. The number of amides is 1. The monoisotopic (exact) mass is 497 g/mol. The number of nitrogens with one attached hydrogen (secondary N) is 2. The molecule has 0 bridgehead atoms. The molecule has 146 valence electrons. The summed E-state index contributed by atoms with van der Waals surface area (Å²) in [5, 5.41) is 3.53. The standard InChI is InChI=1S/C19H17FIN3O4/c20-14-9-11(21)1-2-15(14)23-17-13-10-22-6-3-16(13)27-18(17)19(25)24-28-12-4-7-26-8-5-12/h1-3,6,9-10,12,23H,4-5,7-8H2,(H,24,25). The third-order valence-corrected chi connectivity index (χ3v) is 5.04. The summed E-state index contributed by atoms with van der Waals surface area (Å²) in [7, 11) is 0. The number of benzene rings is 1. The Kier molecular flexibility index (Phi) is 5.74. The molecular formula is C19H17FIN3O4. The lowest BCUT2D eigenvalue weighted by molar-refractivity contribution is -0.0678. The van der Waals surface area contributed by atoms with Crippen LogP contribution in [0.5, 0.6) is 0 Å². The zero-order valence-corrected chi connectivity index (χ0v) is 16.9. The maximum atomic E-state index is 14.3. The minimum atomic E-state index is -0.559. The summed E-state index contributed by atoms with van der Waals surface area (Å²) < 4.78 is 26.0. The van der Waals surface area contributed by atoms with Gasteiger partial charge in [0.05, 0.1) is 17.2 Å². The number of hydrogen-bond donors (Lipinski definition) is 2. The highest BCUT2D eigenvalue weighted by Crippen LogP contribution is 2.33. The van der Waals surface area contributed by atoms with Crippen molar-refractivity contribution >= 4 is 50.8 Å². The molecular weight excluding hydrogens is 480 g/mol. The van der Waals surface area contributed by atoms with E-state index >= 15 is 0 Å². The first-order valence-electron chi connectivity index (χ1n) is 8.74. The largest absolute Gasteiger partial charge is 0.448 e. The lowest BCUT2D eigenvalue weighted by Gasteiger charge is -2.21.